The van der Waals surface area contributed by atoms with Crippen LogP contribution in [0.3, 0.4) is 0 Å². The molecule has 0 aliphatic rings. The molecule has 0 radical (unpaired) electrons. The molecule has 0 amide bonds. The van der Waals surface area contributed by atoms with Gasteiger partial charge in [0.25, 0.3) is 0 Å². The van der Waals surface area contributed by atoms with E-state index in [2.05, 4.69) is 33.2 Å². The van der Waals surface area contributed by atoms with Crippen LogP contribution in [0.25, 0.3) is 33.5 Å². The van der Waals surface area contributed by atoms with Gasteiger partial charge in [-0.15, -0.1) is 0 Å². The van der Waals surface area contributed by atoms with Gasteiger partial charge in [0.1, 0.15) is 5.82 Å². The Hall–Kier alpha value is -2.62. The summed E-state index contributed by atoms with van der Waals surface area (Å²) < 4.78 is 2.01. The van der Waals surface area contributed by atoms with Gasteiger partial charge in [0, 0.05) is 12.6 Å². The number of imidazole rings is 2. The van der Waals surface area contributed by atoms with Crippen molar-refractivity contribution in [3.05, 3.63) is 48.8 Å². The summed E-state index contributed by atoms with van der Waals surface area (Å²) in [5.74, 6) is 0.883. The Kier molecular flexibility index (Phi) is 2.00. The molecular formula is C15H12N4. The number of hydrogen-bond acceptors (Lipinski definition) is 2. The van der Waals surface area contributed by atoms with Gasteiger partial charge in [-0.25, -0.2) is 9.97 Å². The summed E-state index contributed by atoms with van der Waals surface area (Å²) in [5.41, 5.74) is 5.21. The molecule has 0 saturated carbocycles. The number of hydrogen-bond donors (Lipinski definition) is 1. The van der Waals surface area contributed by atoms with Crippen LogP contribution in [0.4, 0.5) is 0 Å². The molecule has 0 unspecified atom stereocenters. The van der Waals surface area contributed by atoms with Crippen LogP contribution in [0.15, 0.2) is 48.8 Å². The Morgan fingerprint density at radius 3 is 2.84 bits per heavy atom. The number of para-hydroxylation sites is 2. The van der Waals surface area contributed by atoms with Crippen molar-refractivity contribution in [2.24, 2.45) is 7.05 Å². The minimum Gasteiger partial charge on any atom is -0.338 e. The van der Waals surface area contributed by atoms with E-state index in [4.69, 9.17) is 0 Å². The number of nitrogens with one attached hydrogen (secondary N) is 1. The molecule has 4 aromatic rings. The van der Waals surface area contributed by atoms with Crippen LogP contribution in [0, 0.1) is 0 Å². The van der Waals surface area contributed by atoms with E-state index in [1.165, 1.54) is 0 Å². The van der Waals surface area contributed by atoms with E-state index in [9.17, 15) is 0 Å². The van der Waals surface area contributed by atoms with E-state index in [0.29, 0.717) is 0 Å². The maximum atomic E-state index is 4.61. The molecule has 19 heavy (non-hydrogen) atoms. The Morgan fingerprint density at radius 2 is 1.95 bits per heavy atom. The first-order chi connectivity index (χ1) is 9.31. The van der Waals surface area contributed by atoms with Gasteiger partial charge in [-0.05, 0) is 30.3 Å². The number of H-pyrrole nitrogens is 1. The maximum Gasteiger partial charge on any atom is 0.138 e. The quantitative estimate of drug-likeness (QED) is 0.562. The fourth-order valence-electron chi connectivity index (χ4n) is 2.37. The molecule has 0 atom stereocenters. The lowest BCUT2D eigenvalue weighted by atomic mass is 10.2. The smallest absolute Gasteiger partial charge is 0.138 e. The lowest BCUT2D eigenvalue weighted by Gasteiger charge is -1.98. The highest BCUT2D eigenvalue weighted by Crippen LogP contribution is 2.23. The van der Waals surface area contributed by atoms with Gasteiger partial charge < -0.3 is 9.55 Å². The molecule has 2 aromatic heterocycles. The van der Waals surface area contributed by atoms with Crippen molar-refractivity contribution in [3.8, 4) is 11.4 Å². The predicted molar refractivity (Wildman–Crippen MR) is 75.8 cm³/mol. The van der Waals surface area contributed by atoms with E-state index < -0.39 is 0 Å². The Labute approximate surface area is 109 Å². The lowest BCUT2D eigenvalue weighted by molar-refractivity contribution is 0.948. The lowest BCUT2D eigenvalue weighted by Crippen LogP contribution is -1.84. The number of aromatic amines is 1. The molecule has 0 spiro atoms. The van der Waals surface area contributed by atoms with Crippen LogP contribution in [0.5, 0.6) is 0 Å². The highest BCUT2D eigenvalue weighted by atomic mass is 15.0. The van der Waals surface area contributed by atoms with E-state index in [-0.39, 0.29) is 0 Å². The zero-order valence-corrected chi connectivity index (χ0v) is 10.5. The zero-order valence-electron chi connectivity index (χ0n) is 10.5. The molecule has 0 aliphatic carbocycles. The largest absolute Gasteiger partial charge is 0.338 e. The van der Waals surface area contributed by atoms with Crippen LogP contribution in [0.1, 0.15) is 0 Å². The second kappa shape index (κ2) is 3.68. The van der Waals surface area contributed by atoms with E-state index >= 15 is 0 Å². The van der Waals surface area contributed by atoms with Gasteiger partial charge in [-0.2, -0.15) is 0 Å². The molecular weight excluding hydrogens is 236 g/mol. The average molecular weight is 248 g/mol. The van der Waals surface area contributed by atoms with Crippen LogP contribution in [-0.2, 0) is 7.05 Å². The summed E-state index contributed by atoms with van der Waals surface area (Å²) >= 11 is 0. The first-order valence-corrected chi connectivity index (χ1v) is 6.17. The molecule has 1 N–H and O–H groups in total. The van der Waals surface area contributed by atoms with Crippen molar-refractivity contribution < 1.29 is 0 Å². The van der Waals surface area contributed by atoms with Crippen LogP contribution in [-0.4, -0.2) is 19.5 Å². The molecule has 4 rings (SSSR count). The monoisotopic (exact) mass is 248 g/mol. The third-order valence-electron chi connectivity index (χ3n) is 3.39. The number of nitrogens with zero attached hydrogens (tertiary/aromatic N) is 3. The fraction of sp³-hybridized carbons (Fsp3) is 0.0667. The zero-order chi connectivity index (χ0) is 12.8. The molecule has 2 heterocycles. The van der Waals surface area contributed by atoms with Crippen molar-refractivity contribution in [2.45, 2.75) is 0 Å². The molecule has 0 fully saturated rings. The molecule has 92 valence electrons. The number of aryl methyl sites for hydroxylation is 1. The van der Waals surface area contributed by atoms with Gasteiger partial charge in [0.2, 0.25) is 0 Å². The summed E-state index contributed by atoms with van der Waals surface area (Å²) in [6.45, 7) is 0. The van der Waals surface area contributed by atoms with Crippen molar-refractivity contribution >= 4 is 22.1 Å². The summed E-state index contributed by atoms with van der Waals surface area (Å²) in [6, 6.07) is 14.3. The van der Waals surface area contributed by atoms with Crippen molar-refractivity contribution in [2.75, 3.05) is 0 Å². The van der Waals surface area contributed by atoms with E-state index in [1.807, 2.05) is 42.2 Å². The van der Waals surface area contributed by atoms with Crippen molar-refractivity contribution in [1.82, 2.24) is 19.5 Å². The third-order valence-corrected chi connectivity index (χ3v) is 3.39. The number of fused-ring (bicyclic) bond motifs is 2. The van der Waals surface area contributed by atoms with Crippen molar-refractivity contribution in [1.29, 1.82) is 0 Å². The summed E-state index contributed by atoms with van der Waals surface area (Å²) in [6.07, 6.45) is 1.83. The topological polar surface area (TPSA) is 46.5 Å². The van der Waals surface area contributed by atoms with Crippen molar-refractivity contribution in [3.63, 3.8) is 0 Å². The van der Waals surface area contributed by atoms with E-state index in [0.717, 1.165) is 33.5 Å². The van der Waals surface area contributed by atoms with Crippen LogP contribution in [0.2, 0.25) is 0 Å². The second-order valence-corrected chi connectivity index (χ2v) is 4.66. The number of aromatic nitrogens is 4. The van der Waals surface area contributed by atoms with Gasteiger partial charge >= 0.3 is 0 Å². The summed E-state index contributed by atoms with van der Waals surface area (Å²) in [7, 11) is 2.00. The predicted octanol–water partition coefficient (Wildman–Crippen LogP) is 3.12. The Balaban J connectivity index is 1.93. The van der Waals surface area contributed by atoms with Gasteiger partial charge in [0.05, 0.1) is 28.4 Å². The van der Waals surface area contributed by atoms with Gasteiger partial charge in [-0.1, -0.05) is 12.1 Å². The van der Waals surface area contributed by atoms with Gasteiger partial charge in [-0.3, -0.25) is 0 Å². The SMILES string of the molecule is Cn1cnc2cc(-c3nc4ccccc4[nH]3)ccc21. The minimum absolute atomic E-state index is 0.883. The highest BCUT2D eigenvalue weighted by Gasteiger charge is 2.07. The number of rotatable bonds is 1. The summed E-state index contributed by atoms with van der Waals surface area (Å²) in [5, 5.41) is 0. The summed E-state index contributed by atoms with van der Waals surface area (Å²) in [4.78, 5) is 12.3. The third kappa shape index (κ3) is 1.53. The molecule has 2 aromatic carbocycles. The molecule has 4 nitrogen and oxygen atoms in total. The standard InChI is InChI=1S/C15H12N4/c1-19-9-16-13-8-10(6-7-14(13)19)15-17-11-4-2-3-5-12(11)18-15/h2-9H,1H3,(H,17,18). The number of benzene rings is 2. The minimum atomic E-state index is 0.883. The molecule has 0 saturated heterocycles. The highest BCUT2D eigenvalue weighted by molar-refractivity contribution is 5.84. The molecule has 4 heteroatoms. The van der Waals surface area contributed by atoms with Crippen LogP contribution < -0.4 is 0 Å². The Morgan fingerprint density at radius 1 is 1.05 bits per heavy atom. The van der Waals surface area contributed by atoms with Crippen LogP contribution >= 0.6 is 0 Å². The second-order valence-electron chi connectivity index (χ2n) is 4.66. The average Bonchev–Trinajstić information content (AvgIpc) is 3.02. The first kappa shape index (κ1) is 10.3. The fourth-order valence-corrected chi connectivity index (χ4v) is 2.37. The van der Waals surface area contributed by atoms with Gasteiger partial charge in [0.15, 0.2) is 0 Å². The normalized spacial score (nSPS) is 11.4. The molecule has 0 aliphatic heterocycles. The van der Waals surface area contributed by atoms with E-state index in [1.54, 1.807) is 0 Å². The first-order valence-electron chi connectivity index (χ1n) is 6.17. The maximum absolute atomic E-state index is 4.61. The Bertz CT molecular complexity index is 852. The molecule has 0 bridgehead atoms.